The zero-order valence-electron chi connectivity index (χ0n) is 9.90. The lowest BCUT2D eigenvalue weighted by molar-refractivity contribution is 0.629. The number of benzene rings is 2. The van der Waals surface area contributed by atoms with Crippen molar-refractivity contribution in [1.82, 2.24) is 4.98 Å². The summed E-state index contributed by atoms with van der Waals surface area (Å²) in [4.78, 5) is 4.22. The first-order valence-electron chi connectivity index (χ1n) is 5.79. The molecule has 0 aliphatic rings. The normalized spacial score (nSPS) is 10.6. The second-order valence-electron chi connectivity index (χ2n) is 4.15. The molecule has 0 fully saturated rings. The van der Waals surface area contributed by atoms with Gasteiger partial charge in [0, 0.05) is 27.4 Å². The number of hydrogen-bond donors (Lipinski definition) is 1. The molecule has 0 aliphatic heterocycles. The van der Waals surface area contributed by atoms with E-state index in [2.05, 4.69) is 26.2 Å². The number of hydrogen-bond acceptors (Lipinski definition) is 2. The van der Waals surface area contributed by atoms with Gasteiger partial charge in [-0.05, 0) is 48.5 Å². The standard InChI is InChI=1S/C15H10BrFN2/c16-10-1-4-12(5-2-10)19-15-7-8-18-14-6-3-11(17)9-13(14)15/h1-9H,(H,18,19). The van der Waals surface area contributed by atoms with Crippen molar-refractivity contribution < 1.29 is 4.39 Å². The summed E-state index contributed by atoms with van der Waals surface area (Å²) >= 11 is 3.39. The van der Waals surface area contributed by atoms with Gasteiger partial charge in [0.1, 0.15) is 5.82 Å². The Labute approximate surface area is 118 Å². The lowest BCUT2D eigenvalue weighted by Crippen LogP contribution is -1.92. The van der Waals surface area contributed by atoms with E-state index < -0.39 is 0 Å². The van der Waals surface area contributed by atoms with E-state index >= 15 is 0 Å². The summed E-state index contributed by atoms with van der Waals surface area (Å²) in [5.74, 6) is -0.264. The number of aromatic nitrogens is 1. The van der Waals surface area contributed by atoms with E-state index in [-0.39, 0.29) is 5.82 Å². The number of rotatable bonds is 2. The van der Waals surface area contributed by atoms with E-state index in [4.69, 9.17) is 0 Å². The van der Waals surface area contributed by atoms with Crippen LogP contribution in [-0.2, 0) is 0 Å². The molecule has 94 valence electrons. The van der Waals surface area contributed by atoms with Crippen molar-refractivity contribution in [3.63, 3.8) is 0 Å². The molecule has 0 saturated carbocycles. The second kappa shape index (κ2) is 4.97. The van der Waals surface area contributed by atoms with Crippen LogP contribution < -0.4 is 5.32 Å². The van der Waals surface area contributed by atoms with Crippen LogP contribution in [0.25, 0.3) is 10.9 Å². The van der Waals surface area contributed by atoms with Crippen LogP contribution in [0.5, 0.6) is 0 Å². The summed E-state index contributed by atoms with van der Waals surface area (Å²) in [5, 5.41) is 4.04. The Morgan fingerprint density at radius 2 is 1.79 bits per heavy atom. The van der Waals surface area contributed by atoms with Crippen LogP contribution in [0.3, 0.4) is 0 Å². The molecule has 0 radical (unpaired) electrons. The molecule has 1 aromatic heterocycles. The van der Waals surface area contributed by atoms with Crippen LogP contribution in [0.2, 0.25) is 0 Å². The Morgan fingerprint density at radius 3 is 2.58 bits per heavy atom. The summed E-state index contributed by atoms with van der Waals surface area (Å²) in [6, 6.07) is 14.2. The predicted molar refractivity (Wildman–Crippen MR) is 79.1 cm³/mol. The monoisotopic (exact) mass is 316 g/mol. The maximum Gasteiger partial charge on any atom is 0.124 e. The van der Waals surface area contributed by atoms with Crippen molar-refractivity contribution in [3.05, 3.63) is 65.0 Å². The van der Waals surface area contributed by atoms with E-state index in [1.54, 1.807) is 12.3 Å². The van der Waals surface area contributed by atoms with Gasteiger partial charge in [0.25, 0.3) is 0 Å². The van der Waals surface area contributed by atoms with Crippen LogP contribution >= 0.6 is 15.9 Å². The lowest BCUT2D eigenvalue weighted by Gasteiger charge is -2.09. The average molecular weight is 317 g/mol. The molecule has 0 unspecified atom stereocenters. The minimum Gasteiger partial charge on any atom is -0.355 e. The Kier molecular flexibility index (Phi) is 3.17. The van der Waals surface area contributed by atoms with Crippen molar-refractivity contribution in [3.8, 4) is 0 Å². The van der Waals surface area contributed by atoms with Crippen LogP contribution in [0.15, 0.2) is 59.2 Å². The number of halogens is 2. The molecule has 0 amide bonds. The Morgan fingerprint density at radius 1 is 1.00 bits per heavy atom. The van der Waals surface area contributed by atoms with Gasteiger partial charge in [0.2, 0.25) is 0 Å². The summed E-state index contributed by atoms with van der Waals surface area (Å²) in [5.41, 5.74) is 2.55. The largest absolute Gasteiger partial charge is 0.355 e. The average Bonchev–Trinajstić information content (AvgIpc) is 2.42. The first-order valence-corrected chi connectivity index (χ1v) is 6.58. The number of fused-ring (bicyclic) bond motifs is 1. The zero-order chi connectivity index (χ0) is 13.2. The van der Waals surface area contributed by atoms with Crippen molar-refractivity contribution in [2.45, 2.75) is 0 Å². The first-order chi connectivity index (χ1) is 9.22. The van der Waals surface area contributed by atoms with Gasteiger partial charge in [0.05, 0.1) is 5.52 Å². The third-order valence-corrected chi connectivity index (χ3v) is 3.36. The summed E-state index contributed by atoms with van der Waals surface area (Å²) in [6.45, 7) is 0. The van der Waals surface area contributed by atoms with Gasteiger partial charge >= 0.3 is 0 Å². The van der Waals surface area contributed by atoms with E-state index in [1.165, 1.54) is 12.1 Å². The van der Waals surface area contributed by atoms with Crippen LogP contribution in [-0.4, -0.2) is 4.98 Å². The Balaban J connectivity index is 2.05. The topological polar surface area (TPSA) is 24.9 Å². The highest BCUT2D eigenvalue weighted by Crippen LogP contribution is 2.26. The van der Waals surface area contributed by atoms with Crippen molar-refractivity contribution >= 4 is 38.2 Å². The molecular weight excluding hydrogens is 307 g/mol. The molecule has 3 aromatic rings. The molecule has 19 heavy (non-hydrogen) atoms. The quantitative estimate of drug-likeness (QED) is 0.728. The molecule has 2 nitrogen and oxygen atoms in total. The molecular formula is C15H10BrFN2. The number of nitrogens with one attached hydrogen (secondary N) is 1. The van der Waals surface area contributed by atoms with Gasteiger partial charge in [-0.3, -0.25) is 4.98 Å². The first kappa shape index (κ1) is 12.1. The van der Waals surface area contributed by atoms with E-state index in [1.807, 2.05) is 30.3 Å². The molecule has 0 saturated heterocycles. The van der Waals surface area contributed by atoms with E-state index in [0.717, 1.165) is 26.8 Å². The lowest BCUT2D eigenvalue weighted by atomic mass is 10.1. The molecule has 0 bridgehead atoms. The summed E-state index contributed by atoms with van der Waals surface area (Å²) in [7, 11) is 0. The minimum absolute atomic E-state index is 0.264. The third kappa shape index (κ3) is 2.58. The van der Waals surface area contributed by atoms with Crippen molar-refractivity contribution in [1.29, 1.82) is 0 Å². The van der Waals surface area contributed by atoms with Crippen LogP contribution in [0.1, 0.15) is 0 Å². The molecule has 1 heterocycles. The molecule has 4 heteroatoms. The van der Waals surface area contributed by atoms with Gasteiger partial charge in [-0.1, -0.05) is 15.9 Å². The van der Waals surface area contributed by atoms with Gasteiger partial charge in [-0.25, -0.2) is 4.39 Å². The molecule has 3 rings (SSSR count). The smallest absolute Gasteiger partial charge is 0.124 e. The zero-order valence-corrected chi connectivity index (χ0v) is 11.5. The van der Waals surface area contributed by atoms with Gasteiger partial charge < -0.3 is 5.32 Å². The summed E-state index contributed by atoms with van der Waals surface area (Å²) in [6.07, 6.45) is 1.71. The maximum atomic E-state index is 13.3. The molecule has 0 spiro atoms. The highest BCUT2D eigenvalue weighted by atomic mass is 79.9. The highest BCUT2D eigenvalue weighted by Gasteiger charge is 2.03. The number of anilines is 2. The van der Waals surface area contributed by atoms with Crippen molar-refractivity contribution in [2.24, 2.45) is 0 Å². The van der Waals surface area contributed by atoms with Gasteiger partial charge in [-0.15, -0.1) is 0 Å². The fourth-order valence-electron chi connectivity index (χ4n) is 1.92. The maximum absolute atomic E-state index is 13.3. The third-order valence-electron chi connectivity index (χ3n) is 2.83. The number of nitrogens with zero attached hydrogens (tertiary/aromatic N) is 1. The van der Waals surface area contributed by atoms with Gasteiger partial charge in [0.15, 0.2) is 0 Å². The molecule has 1 N–H and O–H groups in total. The van der Waals surface area contributed by atoms with Crippen LogP contribution in [0, 0.1) is 5.82 Å². The Hall–Kier alpha value is -1.94. The van der Waals surface area contributed by atoms with Crippen LogP contribution in [0.4, 0.5) is 15.8 Å². The number of pyridine rings is 1. The summed E-state index contributed by atoms with van der Waals surface area (Å²) < 4.78 is 14.4. The van der Waals surface area contributed by atoms with Gasteiger partial charge in [-0.2, -0.15) is 0 Å². The minimum atomic E-state index is -0.264. The van der Waals surface area contributed by atoms with E-state index in [9.17, 15) is 4.39 Å². The fourth-order valence-corrected chi connectivity index (χ4v) is 2.18. The second-order valence-corrected chi connectivity index (χ2v) is 5.07. The molecule has 2 aromatic carbocycles. The SMILES string of the molecule is Fc1ccc2nccc(Nc3ccc(Br)cc3)c2c1. The predicted octanol–water partition coefficient (Wildman–Crippen LogP) is 4.88. The Bertz CT molecular complexity index is 726. The van der Waals surface area contributed by atoms with E-state index in [0.29, 0.717) is 0 Å². The molecule has 0 aliphatic carbocycles. The highest BCUT2D eigenvalue weighted by molar-refractivity contribution is 9.10. The molecule has 0 atom stereocenters. The fraction of sp³-hybridized carbons (Fsp3) is 0. The van der Waals surface area contributed by atoms with Crippen molar-refractivity contribution in [2.75, 3.05) is 5.32 Å².